The number of nitrogens with zero attached hydrogens (tertiary/aromatic N) is 2. The molecular weight excluding hydrogens is 440 g/mol. The summed E-state index contributed by atoms with van der Waals surface area (Å²) < 4.78 is 4.59. The number of aromatic nitrogens is 4. The molecule has 0 aliphatic carbocycles. The van der Waals surface area contributed by atoms with E-state index >= 15 is 0 Å². The number of fused-ring (bicyclic) bond motifs is 2. The Bertz CT molecular complexity index is 1700. The highest BCUT2D eigenvalue weighted by Gasteiger charge is 2.25. The normalized spacial score (nSPS) is 11.3. The first-order chi connectivity index (χ1) is 17.9. The number of rotatable bonds is 4. The van der Waals surface area contributed by atoms with Crippen molar-refractivity contribution in [3.63, 3.8) is 0 Å². The van der Waals surface area contributed by atoms with Crippen LogP contribution in [-0.2, 0) is 0 Å². The fraction of sp³-hybridized carbons (Fsp3) is 0. The predicted molar refractivity (Wildman–Crippen MR) is 144 cm³/mol. The van der Waals surface area contributed by atoms with Crippen LogP contribution in [0.2, 0.25) is 0 Å². The lowest BCUT2D eigenvalue weighted by molar-refractivity contribution is -0.554. The number of hydrogen-bond donors (Lipinski definition) is 2. The molecule has 4 heteroatoms. The zero-order valence-corrected chi connectivity index (χ0v) is 19.6. The van der Waals surface area contributed by atoms with Gasteiger partial charge in [0, 0.05) is 0 Å². The van der Waals surface area contributed by atoms with E-state index in [1.807, 2.05) is 0 Å². The van der Waals surface area contributed by atoms with Crippen LogP contribution in [-0.4, -0.2) is 9.97 Å². The highest BCUT2D eigenvalue weighted by atomic mass is 15.1. The first-order valence-corrected chi connectivity index (χ1v) is 12.1. The van der Waals surface area contributed by atoms with Crippen molar-refractivity contribution < 1.29 is 9.13 Å². The first-order valence-electron chi connectivity index (χ1n) is 12.1. The highest BCUT2D eigenvalue weighted by Crippen LogP contribution is 2.27. The van der Waals surface area contributed by atoms with E-state index < -0.39 is 0 Å². The molecule has 0 spiro atoms. The summed E-state index contributed by atoms with van der Waals surface area (Å²) in [7, 11) is 0. The molecule has 0 saturated heterocycles. The second kappa shape index (κ2) is 8.36. The van der Waals surface area contributed by atoms with E-state index in [1.54, 1.807) is 0 Å². The van der Waals surface area contributed by atoms with Crippen molar-refractivity contribution in [2.45, 2.75) is 0 Å². The standard InChI is InChI=1S/C32H22N4/c1-3-14-25(15-4-1)35-29-20-9-7-18-27(29)33-31(35)23-12-11-13-24(22-23)32-34-28-19-8-10-21-30(28)36(32)26-16-5-2-6-17-26/h1-22H/p+2. The molecule has 5 aromatic carbocycles. The van der Waals surface area contributed by atoms with Crippen LogP contribution in [0.4, 0.5) is 0 Å². The lowest BCUT2D eigenvalue weighted by Crippen LogP contribution is -2.32. The Kier molecular flexibility index (Phi) is 4.74. The van der Waals surface area contributed by atoms with Crippen LogP contribution in [0.25, 0.3) is 56.2 Å². The Morgan fingerprint density at radius 3 is 1.28 bits per heavy atom. The van der Waals surface area contributed by atoms with Crippen LogP contribution >= 0.6 is 0 Å². The summed E-state index contributed by atoms with van der Waals surface area (Å²) in [6, 6.07) is 46.6. The summed E-state index contributed by atoms with van der Waals surface area (Å²) in [5, 5.41) is 0. The maximum Gasteiger partial charge on any atom is 0.292 e. The molecule has 0 bridgehead atoms. The number of benzene rings is 5. The van der Waals surface area contributed by atoms with Gasteiger partial charge >= 0.3 is 0 Å². The van der Waals surface area contributed by atoms with E-state index in [9.17, 15) is 0 Å². The van der Waals surface area contributed by atoms with Crippen molar-refractivity contribution in [3.05, 3.63) is 133 Å². The molecule has 2 aromatic heterocycles. The van der Waals surface area contributed by atoms with Gasteiger partial charge in [0.15, 0.2) is 22.1 Å². The van der Waals surface area contributed by atoms with E-state index in [-0.39, 0.29) is 0 Å². The van der Waals surface area contributed by atoms with Crippen molar-refractivity contribution in [1.29, 1.82) is 0 Å². The number of H-pyrrole nitrogens is 2. The van der Waals surface area contributed by atoms with E-state index in [0.717, 1.165) is 56.2 Å². The van der Waals surface area contributed by atoms with Gasteiger partial charge in [-0.25, -0.2) is 9.97 Å². The van der Waals surface area contributed by atoms with Gasteiger partial charge in [0.05, 0.1) is 11.1 Å². The zero-order chi connectivity index (χ0) is 23.9. The smallest absolute Gasteiger partial charge is 0.236 e. The van der Waals surface area contributed by atoms with Crippen LogP contribution in [0, 0.1) is 0 Å². The third-order valence-electron chi connectivity index (χ3n) is 6.68. The largest absolute Gasteiger partial charge is 0.292 e. The average Bonchev–Trinajstić information content (AvgIpc) is 3.53. The van der Waals surface area contributed by atoms with Crippen molar-refractivity contribution in [2.24, 2.45) is 0 Å². The van der Waals surface area contributed by atoms with Gasteiger partial charge in [-0.1, -0.05) is 66.7 Å². The van der Waals surface area contributed by atoms with Gasteiger partial charge in [-0.2, -0.15) is 9.13 Å². The van der Waals surface area contributed by atoms with Crippen molar-refractivity contribution in [1.82, 2.24) is 9.97 Å². The van der Waals surface area contributed by atoms with Crippen molar-refractivity contribution >= 4 is 22.1 Å². The lowest BCUT2D eigenvalue weighted by Gasteiger charge is -2.05. The molecule has 36 heavy (non-hydrogen) atoms. The molecule has 4 nitrogen and oxygen atoms in total. The Morgan fingerprint density at radius 1 is 0.389 bits per heavy atom. The Balaban J connectivity index is 1.46. The lowest BCUT2D eigenvalue weighted by atomic mass is 10.1. The minimum Gasteiger partial charge on any atom is -0.236 e. The summed E-state index contributed by atoms with van der Waals surface area (Å²) in [4.78, 5) is 7.35. The van der Waals surface area contributed by atoms with Crippen LogP contribution in [0.5, 0.6) is 0 Å². The van der Waals surface area contributed by atoms with E-state index in [2.05, 4.69) is 153 Å². The Hall–Kier alpha value is -4.96. The zero-order valence-electron chi connectivity index (χ0n) is 19.6. The molecule has 0 saturated carbocycles. The summed E-state index contributed by atoms with van der Waals surface area (Å²) in [5.74, 6) is 2.10. The quantitative estimate of drug-likeness (QED) is 0.278. The molecule has 0 aliphatic heterocycles. The molecule has 0 amide bonds. The molecule has 0 aliphatic rings. The molecule has 0 fully saturated rings. The monoisotopic (exact) mass is 464 g/mol. The fourth-order valence-corrected chi connectivity index (χ4v) is 5.06. The Labute approximate surface area is 208 Å². The summed E-state index contributed by atoms with van der Waals surface area (Å²) in [6.45, 7) is 0. The summed E-state index contributed by atoms with van der Waals surface area (Å²) in [6.07, 6.45) is 0. The SMILES string of the molecule is c1ccc(-[n+]2c(-c3cccc(-c4[nH]c5ccccc5[n+]4-c4ccccc4)c3)[nH]c3ccccc32)cc1. The molecule has 0 unspecified atom stereocenters. The van der Waals surface area contributed by atoms with Gasteiger partial charge in [-0.15, -0.1) is 0 Å². The molecule has 2 N–H and O–H groups in total. The molecule has 0 radical (unpaired) electrons. The third-order valence-corrected chi connectivity index (χ3v) is 6.68. The van der Waals surface area contributed by atoms with E-state index in [0.29, 0.717) is 0 Å². The molecule has 2 heterocycles. The summed E-state index contributed by atoms with van der Waals surface area (Å²) >= 11 is 0. The van der Waals surface area contributed by atoms with Gasteiger partial charge in [0.25, 0.3) is 11.6 Å². The first kappa shape index (κ1) is 20.4. The summed E-state index contributed by atoms with van der Waals surface area (Å²) in [5.41, 5.74) is 8.99. The second-order valence-electron chi connectivity index (χ2n) is 8.90. The highest BCUT2D eigenvalue weighted by molar-refractivity contribution is 5.78. The van der Waals surface area contributed by atoms with Crippen molar-refractivity contribution in [3.8, 4) is 34.2 Å². The molecule has 7 rings (SSSR count). The minimum atomic E-state index is 1.05. The molecular formula is C32H24N4+2. The molecule has 7 aromatic rings. The fourth-order valence-electron chi connectivity index (χ4n) is 5.06. The predicted octanol–water partition coefficient (Wildman–Crippen LogP) is 6.54. The third kappa shape index (κ3) is 3.31. The number of nitrogens with one attached hydrogen (secondary N) is 2. The molecule has 170 valence electrons. The number of aromatic amines is 2. The van der Waals surface area contributed by atoms with Gasteiger partial charge in [-0.3, -0.25) is 0 Å². The maximum atomic E-state index is 3.68. The van der Waals surface area contributed by atoms with Gasteiger partial charge < -0.3 is 0 Å². The van der Waals surface area contributed by atoms with Crippen molar-refractivity contribution in [2.75, 3.05) is 0 Å². The van der Waals surface area contributed by atoms with Crippen LogP contribution in [0.1, 0.15) is 0 Å². The topological polar surface area (TPSA) is 39.3 Å². The van der Waals surface area contributed by atoms with Crippen LogP contribution in [0.3, 0.4) is 0 Å². The minimum absolute atomic E-state index is 1.05. The second-order valence-corrected chi connectivity index (χ2v) is 8.90. The van der Waals surface area contributed by atoms with Crippen LogP contribution < -0.4 is 9.13 Å². The number of hydrogen-bond acceptors (Lipinski definition) is 0. The van der Waals surface area contributed by atoms with E-state index in [4.69, 9.17) is 0 Å². The van der Waals surface area contributed by atoms with Gasteiger partial charge in [0.2, 0.25) is 0 Å². The maximum absolute atomic E-state index is 3.68. The number of imidazole rings is 2. The number of para-hydroxylation sites is 6. The van der Waals surface area contributed by atoms with E-state index in [1.165, 1.54) is 0 Å². The average molecular weight is 465 g/mol. The van der Waals surface area contributed by atoms with Gasteiger partial charge in [0.1, 0.15) is 11.4 Å². The van der Waals surface area contributed by atoms with Gasteiger partial charge in [-0.05, 0) is 66.7 Å². The molecule has 0 atom stereocenters. The Morgan fingerprint density at radius 2 is 0.806 bits per heavy atom. The van der Waals surface area contributed by atoms with Crippen LogP contribution in [0.15, 0.2) is 133 Å².